The van der Waals surface area contributed by atoms with E-state index in [9.17, 15) is 9.59 Å². The molecule has 2 heterocycles. The van der Waals surface area contributed by atoms with Crippen molar-refractivity contribution in [2.24, 2.45) is 7.05 Å². The first-order valence-corrected chi connectivity index (χ1v) is 8.86. The molecule has 6 heteroatoms. The lowest BCUT2D eigenvalue weighted by Crippen LogP contribution is -2.27. The smallest absolute Gasteiger partial charge is 0.298 e. The van der Waals surface area contributed by atoms with Crippen LogP contribution in [0.4, 0.5) is 10.5 Å². The number of para-hydroxylation sites is 1. The van der Waals surface area contributed by atoms with Gasteiger partial charge >= 0.3 is 0 Å². The van der Waals surface area contributed by atoms with Crippen LogP contribution in [0.5, 0.6) is 5.75 Å². The summed E-state index contributed by atoms with van der Waals surface area (Å²) in [5, 5.41) is 0.734. The van der Waals surface area contributed by atoms with Crippen molar-refractivity contribution in [3.8, 4) is 5.75 Å². The van der Waals surface area contributed by atoms with Gasteiger partial charge in [-0.15, -0.1) is 0 Å². The molecule has 1 aromatic heterocycles. The maximum Gasteiger partial charge on any atom is 0.298 e. The number of fused-ring (bicyclic) bond motifs is 1. The molecule has 0 N–H and O–H groups in total. The van der Waals surface area contributed by atoms with Crippen molar-refractivity contribution in [2.75, 3.05) is 12.0 Å². The van der Waals surface area contributed by atoms with E-state index in [-0.39, 0.29) is 11.1 Å². The predicted octanol–water partition coefficient (Wildman–Crippen LogP) is 4.43. The number of aromatic nitrogens is 1. The summed E-state index contributed by atoms with van der Waals surface area (Å²) in [4.78, 5) is 26.9. The Morgan fingerprint density at radius 1 is 1.08 bits per heavy atom. The Morgan fingerprint density at radius 2 is 1.88 bits per heavy atom. The molecular formula is C20H16N2O3S. The largest absolute Gasteiger partial charge is 0.497 e. The number of methoxy groups -OCH3 is 1. The summed E-state index contributed by atoms with van der Waals surface area (Å²) in [5.41, 5.74) is 2.50. The Labute approximate surface area is 154 Å². The molecule has 0 aliphatic carbocycles. The van der Waals surface area contributed by atoms with Crippen molar-refractivity contribution in [2.45, 2.75) is 0 Å². The number of carbonyl (C=O) groups is 2. The number of hydrogen-bond donors (Lipinski definition) is 0. The third-order valence-electron chi connectivity index (χ3n) is 4.32. The van der Waals surface area contributed by atoms with Crippen LogP contribution in [-0.2, 0) is 11.8 Å². The van der Waals surface area contributed by atoms with Gasteiger partial charge in [-0.3, -0.25) is 9.59 Å². The molecule has 0 bridgehead atoms. The molecule has 0 saturated carbocycles. The van der Waals surface area contributed by atoms with Gasteiger partial charge in [-0.25, -0.2) is 4.90 Å². The highest BCUT2D eigenvalue weighted by molar-refractivity contribution is 8.19. The summed E-state index contributed by atoms with van der Waals surface area (Å²) in [6.45, 7) is 0. The number of aryl methyl sites for hydroxylation is 1. The maximum atomic E-state index is 12.8. The first-order valence-electron chi connectivity index (χ1n) is 8.04. The highest BCUT2D eigenvalue weighted by atomic mass is 32.2. The second-order valence-electron chi connectivity index (χ2n) is 5.93. The van der Waals surface area contributed by atoms with Gasteiger partial charge in [0.1, 0.15) is 5.75 Å². The number of carbonyl (C=O) groups excluding carboxylic acids is 2. The fourth-order valence-electron chi connectivity index (χ4n) is 3.07. The Hall–Kier alpha value is -2.99. The lowest BCUT2D eigenvalue weighted by atomic mass is 10.1. The molecule has 1 saturated heterocycles. The van der Waals surface area contributed by atoms with Crippen molar-refractivity contribution in [3.63, 3.8) is 0 Å². The van der Waals surface area contributed by atoms with Crippen LogP contribution in [0.3, 0.4) is 0 Å². The van der Waals surface area contributed by atoms with Gasteiger partial charge in [0.25, 0.3) is 11.1 Å². The van der Waals surface area contributed by atoms with E-state index in [2.05, 4.69) is 0 Å². The second kappa shape index (κ2) is 6.38. The van der Waals surface area contributed by atoms with Gasteiger partial charge in [-0.05, 0) is 36.0 Å². The zero-order chi connectivity index (χ0) is 18.3. The molecule has 0 unspecified atom stereocenters. The number of anilines is 1. The van der Waals surface area contributed by atoms with Crippen molar-refractivity contribution in [1.29, 1.82) is 0 Å². The average molecular weight is 364 g/mol. The molecule has 1 aliphatic heterocycles. The SMILES string of the molecule is COc1cccc(N2C(=O)S/C(=C\c3cn(C)c4ccccc34)C2=O)c1. The summed E-state index contributed by atoms with van der Waals surface area (Å²) in [7, 11) is 3.51. The van der Waals surface area contributed by atoms with E-state index in [1.165, 1.54) is 4.90 Å². The molecule has 3 aromatic rings. The molecule has 26 heavy (non-hydrogen) atoms. The number of nitrogens with zero attached hydrogens (tertiary/aromatic N) is 2. The normalized spacial score (nSPS) is 16.1. The van der Waals surface area contributed by atoms with E-state index < -0.39 is 0 Å². The molecule has 0 spiro atoms. The minimum atomic E-state index is -0.318. The number of ether oxygens (including phenoxy) is 1. The van der Waals surface area contributed by atoms with E-state index in [0.29, 0.717) is 16.3 Å². The van der Waals surface area contributed by atoms with E-state index in [1.54, 1.807) is 37.5 Å². The zero-order valence-corrected chi connectivity index (χ0v) is 15.1. The molecule has 0 radical (unpaired) electrons. The van der Waals surface area contributed by atoms with Gasteiger partial charge in [0.05, 0.1) is 17.7 Å². The molecule has 5 nitrogen and oxygen atoms in total. The van der Waals surface area contributed by atoms with Crippen molar-refractivity contribution in [1.82, 2.24) is 4.57 Å². The average Bonchev–Trinajstić information content (AvgIpc) is 3.12. The maximum absolute atomic E-state index is 12.8. The Balaban J connectivity index is 1.73. The van der Waals surface area contributed by atoms with Crippen molar-refractivity contribution >= 4 is 45.6 Å². The quantitative estimate of drug-likeness (QED) is 0.645. The van der Waals surface area contributed by atoms with Gasteiger partial charge in [0.2, 0.25) is 0 Å². The number of imide groups is 1. The summed E-state index contributed by atoms with van der Waals surface area (Å²) < 4.78 is 7.19. The van der Waals surface area contributed by atoms with Crippen LogP contribution < -0.4 is 9.64 Å². The first-order chi connectivity index (χ1) is 12.6. The number of amides is 2. The summed E-state index contributed by atoms with van der Waals surface area (Å²) in [5.74, 6) is 0.278. The monoisotopic (exact) mass is 364 g/mol. The van der Waals surface area contributed by atoms with Gasteiger partial charge in [-0.2, -0.15) is 0 Å². The molecule has 2 aromatic carbocycles. The lowest BCUT2D eigenvalue weighted by Gasteiger charge is -2.13. The lowest BCUT2D eigenvalue weighted by molar-refractivity contribution is -0.113. The molecule has 2 amide bonds. The highest BCUT2D eigenvalue weighted by Crippen LogP contribution is 2.37. The molecule has 1 fully saturated rings. The minimum absolute atomic E-state index is 0.310. The second-order valence-corrected chi connectivity index (χ2v) is 6.92. The van der Waals surface area contributed by atoms with Crippen LogP contribution >= 0.6 is 11.8 Å². The van der Waals surface area contributed by atoms with E-state index in [1.807, 2.05) is 42.1 Å². The fraction of sp³-hybridized carbons (Fsp3) is 0.100. The van der Waals surface area contributed by atoms with Crippen LogP contribution in [0.2, 0.25) is 0 Å². The highest BCUT2D eigenvalue weighted by Gasteiger charge is 2.36. The van der Waals surface area contributed by atoms with Gasteiger partial charge in [0.15, 0.2) is 0 Å². The van der Waals surface area contributed by atoms with Gasteiger partial charge in [0, 0.05) is 35.8 Å². The van der Waals surface area contributed by atoms with Crippen LogP contribution in [0.25, 0.3) is 17.0 Å². The third-order valence-corrected chi connectivity index (χ3v) is 5.19. The fourth-order valence-corrected chi connectivity index (χ4v) is 3.90. The Bertz CT molecular complexity index is 1070. The van der Waals surface area contributed by atoms with Gasteiger partial charge in [-0.1, -0.05) is 24.3 Å². The summed E-state index contributed by atoms with van der Waals surface area (Å²) >= 11 is 0.951. The van der Waals surface area contributed by atoms with Crippen LogP contribution in [0.1, 0.15) is 5.56 Å². The van der Waals surface area contributed by atoms with Crippen LogP contribution in [0, 0.1) is 0 Å². The molecule has 1 aliphatic rings. The molecule has 4 rings (SSSR count). The molecule has 0 atom stereocenters. The predicted molar refractivity (Wildman–Crippen MR) is 104 cm³/mol. The zero-order valence-electron chi connectivity index (χ0n) is 14.3. The molecule has 130 valence electrons. The Morgan fingerprint density at radius 3 is 2.69 bits per heavy atom. The van der Waals surface area contributed by atoms with Crippen molar-refractivity contribution < 1.29 is 14.3 Å². The number of rotatable bonds is 3. The Kier molecular flexibility index (Phi) is 4.05. The topological polar surface area (TPSA) is 51.5 Å². The third kappa shape index (κ3) is 2.68. The molecular weight excluding hydrogens is 348 g/mol. The summed E-state index contributed by atoms with van der Waals surface area (Å²) in [6, 6.07) is 14.9. The standard InChI is InChI=1S/C20H16N2O3S/c1-21-12-13(16-8-3-4-9-17(16)21)10-18-19(23)22(20(24)26-18)14-6-5-7-15(11-14)25-2/h3-12H,1-2H3/b18-10-. The van der Waals surface area contributed by atoms with E-state index in [4.69, 9.17) is 4.74 Å². The van der Waals surface area contributed by atoms with Crippen molar-refractivity contribution in [3.05, 3.63) is 65.2 Å². The number of benzene rings is 2. The van der Waals surface area contributed by atoms with E-state index in [0.717, 1.165) is 28.2 Å². The van der Waals surface area contributed by atoms with Gasteiger partial charge < -0.3 is 9.30 Å². The first kappa shape index (κ1) is 16.5. The van der Waals surface area contributed by atoms with E-state index >= 15 is 0 Å². The van der Waals surface area contributed by atoms with Crippen LogP contribution in [-0.4, -0.2) is 22.8 Å². The number of thioether (sulfide) groups is 1. The van der Waals surface area contributed by atoms with Crippen LogP contribution in [0.15, 0.2) is 59.6 Å². The summed E-state index contributed by atoms with van der Waals surface area (Å²) in [6.07, 6.45) is 3.75. The number of hydrogen-bond acceptors (Lipinski definition) is 4. The minimum Gasteiger partial charge on any atom is -0.497 e.